The van der Waals surface area contributed by atoms with Gasteiger partial charge in [-0.2, -0.15) is 5.10 Å². The van der Waals surface area contributed by atoms with Crippen LogP contribution in [0.2, 0.25) is 5.02 Å². The summed E-state index contributed by atoms with van der Waals surface area (Å²) in [6, 6.07) is 1.83. The number of thiophene rings is 1. The van der Waals surface area contributed by atoms with Gasteiger partial charge in [0.2, 0.25) is 0 Å². The van der Waals surface area contributed by atoms with E-state index in [1.807, 2.05) is 25.3 Å². The topological polar surface area (TPSA) is 59.3 Å². The fraction of sp³-hybridized carbons (Fsp3) is 0.308. The molecule has 2 aromatic rings. The first kappa shape index (κ1) is 13.3. The average molecular weight is 309 g/mol. The molecule has 1 amide bonds. The molecule has 3 heterocycles. The molecule has 0 aromatic carbocycles. The Hall–Kier alpha value is -1.66. The van der Waals surface area contributed by atoms with Crippen LogP contribution in [-0.4, -0.2) is 27.9 Å². The molecule has 0 radical (unpaired) electrons. The van der Waals surface area contributed by atoms with Gasteiger partial charge in [-0.3, -0.25) is 9.48 Å². The van der Waals surface area contributed by atoms with Crippen molar-refractivity contribution in [3.63, 3.8) is 0 Å². The molecule has 0 saturated heterocycles. The van der Waals surface area contributed by atoms with Crippen molar-refractivity contribution in [2.45, 2.75) is 20.4 Å². The van der Waals surface area contributed by atoms with Crippen LogP contribution in [0.3, 0.4) is 0 Å². The minimum absolute atomic E-state index is 0.145. The molecule has 0 unspecified atom stereocenters. The Morgan fingerprint density at radius 3 is 3.00 bits per heavy atom. The molecule has 0 atom stereocenters. The summed E-state index contributed by atoms with van der Waals surface area (Å²) < 4.78 is 1.68. The number of aliphatic imine (C=N–C) groups is 1. The zero-order valence-electron chi connectivity index (χ0n) is 11.1. The number of rotatable bonds is 2. The maximum absolute atomic E-state index is 12.2. The Bertz CT molecular complexity index is 716. The lowest BCUT2D eigenvalue weighted by atomic mass is 10.3. The molecule has 0 aliphatic carbocycles. The van der Waals surface area contributed by atoms with Crippen molar-refractivity contribution in [1.82, 2.24) is 15.1 Å². The minimum atomic E-state index is -0.145. The number of nitrogens with zero attached hydrogens (tertiary/aromatic N) is 3. The van der Waals surface area contributed by atoms with E-state index in [1.54, 1.807) is 4.68 Å². The molecule has 1 aliphatic heterocycles. The van der Waals surface area contributed by atoms with Crippen molar-refractivity contribution < 1.29 is 4.79 Å². The summed E-state index contributed by atoms with van der Waals surface area (Å²) in [5.41, 5.74) is 2.69. The van der Waals surface area contributed by atoms with Crippen LogP contribution < -0.4 is 5.32 Å². The normalized spacial score (nSPS) is 14.6. The first-order chi connectivity index (χ1) is 9.61. The number of carbonyl (C=O) groups excluding carboxylic acids is 1. The van der Waals surface area contributed by atoms with Gasteiger partial charge >= 0.3 is 0 Å². The Morgan fingerprint density at radius 1 is 1.55 bits per heavy atom. The van der Waals surface area contributed by atoms with E-state index in [4.69, 9.17) is 11.6 Å². The highest BCUT2D eigenvalue weighted by Crippen LogP contribution is 2.29. The first-order valence-corrected chi connectivity index (χ1v) is 7.54. The van der Waals surface area contributed by atoms with Crippen LogP contribution >= 0.6 is 22.9 Å². The highest BCUT2D eigenvalue weighted by molar-refractivity contribution is 7.13. The molecule has 0 fully saturated rings. The molecule has 104 valence electrons. The van der Waals surface area contributed by atoms with E-state index in [2.05, 4.69) is 15.4 Å². The van der Waals surface area contributed by atoms with E-state index >= 15 is 0 Å². The second kappa shape index (κ2) is 5.03. The number of amides is 1. The summed E-state index contributed by atoms with van der Waals surface area (Å²) in [5, 5.41) is 9.80. The van der Waals surface area contributed by atoms with E-state index in [9.17, 15) is 4.79 Å². The largest absolute Gasteiger partial charge is 0.345 e. The number of aryl methyl sites for hydroxylation is 2. The van der Waals surface area contributed by atoms with Crippen molar-refractivity contribution in [2.75, 3.05) is 6.54 Å². The Labute approximate surface area is 125 Å². The highest BCUT2D eigenvalue weighted by atomic mass is 35.5. The third-order valence-corrected chi connectivity index (χ3v) is 4.54. The van der Waals surface area contributed by atoms with Gasteiger partial charge in [0.25, 0.3) is 5.91 Å². The van der Waals surface area contributed by atoms with E-state index in [0.717, 1.165) is 16.3 Å². The summed E-state index contributed by atoms with van der Waals surface area (Å²) >= 11 is 7.68. The maximum Gasteiger partial charge on any atom is 0.272 e. The SMILES string of the molecule is CCn1nc(C)c2c1C(=O)NCC(c1sccc1Cl)=N2. The van der Waals surface area contributed by atoms with Crippen LogP contribution in [0.5, 0.6) is 0 Å². The van der Waals surface area contributed by atoms with Crippen molar-refractivity contribution in [3.05, 3.63) is 32.7 Å². The summed E-state index contributed by atoms with van der Waals surface area (Å²) in [6.45, 7) is 4.82. The molecule has 1 aliphatic rings. The predicted molar refractivity (Wildman–Crippen MR) is 80.5 cm³/mol. The number of fused-ring (bicyclic) bond motifs is 1. The fourth-order valence-electron chi connectivity index (χ4n) is 2.21. The zero-order chi connectivity index (χ0) is 14.3. The van der Waals surface area contributed by atoms with Gasteiger partial charge in [0, 0.05) is 6.54 Å². The molecule has 0 bridgehead atoms. The average Bonchev–Trinajstić information content (AvgIpc) is 2.93. The molecule has 3 rings (SSSR count). The number of aromatic nitrogens is 2. The Morgan fingerprint density at radius 2 is 2.35 bits per heavy atom. The number of carbonyl (C=O) groups is 1. The van der Waals surface area contributed by atoms with E-state index in [1.165, 1.54) is 11.3 Å². The second-order valence-corrected chi connectivity index (χ2v) is 5.76. The molecular formula is C13H13ClN4OS. The lowest BCUT2D eigenvalue weighted by Gasteiger charge is -2.04. The molecule has 2 aromatic heterocycles. The number of hydrogen-bond donors (Lipinski definition) is 1. The highest BCUT2D eigenvalue weighted by Gasteiger charge is 2.25. The lowest BCUT2D eigenvalue weighted by Crippen LogP contribution is -2.29. The molecule has 7 heteroatoms. The number of hydrogen-bond acceptors (Lipinski definition) is 4. The molecule has 5 nitrogen and oxygen atoms in total. The number of nitrogens with one attached hydrogen (secondary N) is 1. The van der Waals surface area contributed by atoms with Gasteiger partial charge in [0.05, 0.1) is 27.9 Å². The van der Waals surface area contributed by atoms with E-state index in [-0.39, 0.29) is 5.91 Å². The summed E-state index contributed by atoms with van der Waals surface area (Å²) in [5.74, 6) is -0.145. The zero-order valence-corrected chi connectivity index (χ0v) is 12.7. The first-order valence-electron chi connectivity index (χ1n) is 6.28. The van der Waals surface area contributed by atoms with Gasteiger partial charge in [-0.1, -0.05) is 11.6 Å². The Kier molecular flexibility index (Phi) is 3.35. The number of halogens is 1. The summed E-state index contributed by atoms with van der Waals surface area (Å²) in [4.78, 5) is 17.8. The van der Waals surface area contributed by atoms with Gasteiger partial charge in [0.1, 0.15) is 5.69 Å². The quantitative estimate of drug-likeness (QED) is 0.927. The molecule has 0 spiro atoms. The van der Waals surface area contributed by atoms with Crippen LogP contribution in [0, 0.1) is 6.92 Å². The van der Waals surface area contributed by atoms with Crippen molar-refractivity contribution in [3.8, 4) is 0 Å². The van der Waals surface area contributed by atoms with Gasteiger partial charge in [-0.05, 0) is 25.3 Å². The van der Waals surface area contributed by atoms with E-state index < -0.39 is 0 Å². The van der Waals surface area contributed by atoms with E-state index in [0.29, 0.717) is 29.5 Å². The lowest BCUT2D eigenvalue weighted by molar-refractivity contribution is 0.0950. The standard InChI is InChI=1S/C13H13ClN4OS/c1-3-18-11-10(7(2)17-18)16-9(6-15-13(11)19)12-8(14)4-5-20-12/h4-5H,3,6H2,1-2H3,(H,15,19). The monoisotopic (exact) mass is 308 g/mol. The van der Waals surface area contributed by atoms with Gasteiger partial charge in [-0.15, -0.1) is 11.3 Å². The summed E-state index contributed by atoms with van der Waals surface area (Å²) in [7, 11) is 0. The van der Waals surface area contributed by atoms with Crippen molar-refractivity contribution >= 4 is 40.2 Å². The smallest absolute Gasteiger partial charge is 0.272 e. The molecule has 1 N–H and O–H groups in total. The van der Waals surface area contributed by atoms with Gasteiger partial charge < -0.3 is 5.32 Å². The minimum Gasteiger partial charge on any atom is -0.345 e. The van der Waals surface area contributed by atoms with Crippen LogP contribution in [0.15, 0.2) is 16.4 Å². The van der Waals surface area contributed by atoms with Crippen LogP contribution in [0.1, 0.15) is 28.0 Å². The molecule has 0 saturated carbocycles. The third kappa shape index (κ3) is 2.05. The van der Waals surface area contributed by atoms with Gasteiger partial charge in [-0.25, -0.2) is 4.99 Å². The molecule has 20 heavy (non-hydrogen) atoms. The fourth-order valence-corrected chi connectivity index (χ4v) is 3.37. The summed E-state index contributed by atoms with van der Waals surface area (Å²) in [6.07, 6.45) is 0. The second-order valence-electron chi connectivity index (χ2n) is 4.44. The Balaban J connectivity index is 2.17. The van der Waals surface area contributed by atoms with Crippen molar-refractivity contribution in [2.24, 2.45) is 4.99 Å². The molecular weight excluding hydrogens is 296 g/mol. The maximum atomic E-state index is 12.2. The predicted octanol–water partition coefficient (Wildman–Crippen LogP) is 2.79. The van der Waals surface area contributed by atoms with Crippen LogP contribution in [-0.2, 0) is 6.54 Å². The van der Waals surface area contributed by atoms with Crippen molar-refractivity contribution in [1.29, 1.82) is 0 Å². The van der Waals surface area contributed by atoms with Crippen LogP contribution in [0.25, 0.3) is 0 Å². The third-order valence-electron chi connectivity index (χ3n) is 3.15. The van der Waals surface area contributed by atoms with Crippen LogP contribution in [0.4, 0.5) is 5.69 Å². The van der Waals surface area contributed by atoms with Gasteiger partial charge in [0.15, 0.2) is 5.69 Å².